The summed E-state index contributed by atoms with van der Waals surface area (Å²) in [4.78, 5) is 14.1. The maximum atomic E-state index is 12.3. The summed E-state index contributed by atoms with van der Waals surface area (Å²) in [7, 11) is 0. The molecule has 0 aromatic carbocycles. The Morgan fingerprint density at radius 1 is 1.20 bits per heavy atom. The number of nitrogens with one attached hydrogen (secondary N) is 1. The van der Waals surface area contributed by atoms with Crippen molar-refractivity contribution in [2.24, 2.45) is 0 Å². The van der Waals surface area contributed by atoms with Crippen molar-refractivity contribution < 1.29 is 9.53 Å². The number of carbonyl (C=O) groups is 1. The number of hydrogen-bond acceptors (Lipinski definition) is 4. The van der Waals surface area contributed by atoms with Crippen molar-refractivity contribution in [1.29, 1.82) is 0 Å². The van der Waals surface area contributed by atoms with Crippen molar-refractivity contribution in [3.05, 3.63) is 17.0 Å². The van der Waals surface area contributed by atoms with Crippen molar-refractivity contribution >= 4 is 6.09 Å². The van der Waals surface area contributed by atoms with E-state index in [1.165, 1.54) is 24.1 Å². The van der Waals surface area contributed by atoms with Crippen molar-refractivity contribution in [2.45, 2.75) is 71.4 Å². The van der Waals surface area contributed by atoms with Crippen LogP contribution in [-0.2, 0) is 4.74 Å². The molecule has 25 heavy (non-hydrogen) atoms. The number of aromatic nitrogens is 2. The first-order valence-corrected chi connectivity index (χ1v) is 9.50. The zero-order valence-corrected chi connectivity index (χ0v) is 16.3. The predicted octanol–water partition coefficient (Wildman–Crippen LogP) is 3.15. The molecule has 2 aliphatic heterocycles. The molecule has 0 bridgehead atoms. The quantitative estimate of drug-likeness (QED) is 0.892. The number of hydrogen-bond donors (Lipinski definition) is 1. The third kappa shape index (κ3) is 4.00. The van der Waals surface area contributed by atoms with Crippen LogP contribution in [0.5, 0.6) is 0 Å². The highest BCUT2D eigenvalue weighted by atomic mass is 16.6. The van der Waals surface area contributed by atoms with Gasteiger partial charge in [0.25, 0.3) is 0 Å². The number of carbonyl (C=O) groups excluding carboxylic acids is 1. The first kappa shape index (κ1) is 18.2. The van der Waals surface area contributed by atoms with Gasteiger partial charge in [0.05, 0.1) is 11.7 Å². The van der Waals surface area contributed by atoms with Gasteiger partial charge in [0.2, 0.25) is 0 Å². The molecule has 0 spiro atoms. The SMILES string of the molecule is Cc1nn(C2CCN(C(=O)OC(C)(C)C)C2)c(C)c1C1CCNCC1. The predicted molar refractivity (Wildman–Crippen MR) is 98.0 cm³/mol. The molecule has 2 saturated heterocycles. The molecule has 2 fully saturated rings. The number of aryl methyl sites for hydroxylation is 1. The molecule has 1 N–H and O–H groups in total. The highest BCUT2D eigenvalue weighted by molar-refractivity contribution is 5.68. The van der Waals surface area contributed by atoms with E-state index in [0.717, 1.165) is 31.7 Å². The van der Waals surface area contributed by atoms with Gasteiger partial charge in [-0.3, -0.25) is 4.68 Å². The lowest BCUT2D eigenvalue weighted by molar-refractivity contribution is 0.0288. The van der Waals surface area contributed by atoms with Crippen LogP contribution in [0.15, 0.2) is 0 Å². The van der Waals surface area contributed by atoms with Crippen molar-refractivity contribution in [2.75, 3.05) is 26.2 Å². The molecule has 1 unspecified atom stereocenters. The van der Waals surface area contributed by atoms with E-state index < -0.39 is 5.60 Å². The lowest BCUT2D eigenvalue weighted by Gasteiger charge is -2.25. The molecule has 140 valence electrons. The maximum Gasteiger partial charge on any atom is 0.410 e. The van der Waals surface area contributed by atoms with Gasteiger partial charge in [-0.2, -0.15) is 5.10 Å². The van der Waals surface area contributed by atoms with E-state index in [1.807, 2.05) is 25.7 Å². The Kier molecular flexibility index (Phi) is 5.09. The second kappa shape index (κ2) is 6.98. The van der Waals surface area contributed by atoms with E-state index in [2.05, 4.69) is 23.8 Å². The zero-order chi connectivity index (χ0) is 18.2. The monoisotopic (exact) mass is 348 g/mol. The Hall–Kier alpha value is -1.56. The summed E-state index contributed by atoms with van der Waals surface area (Å²) in [6.45, 7) is 13.6. The lowest BCUT2D eigenvalue weighted by Crippen LogP contribution is -2.35. The van der Waals surface area contributed by atoms with Crippen molar-refractivity contribution in [3.63, 3.8) is 0 Å². The molecule has 1 atom stereocenters. The second-order valence-electron chi connectivity index (χ2n) is 8.42. The smallest absolute Gasteiger partial charge is 0.410 e. The summed E-state index contributed by atoms with van der Waals surface area (Å²) in [6.07, 6.45) is 3.09. The van der Waals surface area contributed by atoms with Gasteiger partial charge >= 0.3 is 6.09 Å². The molecule has 0 saturated carbocycles. The third-order valence-corrected chi connectivity index (χ3v) is 5.29. The number of ether oxygens (including phenoxy) is 1. The number of rotatable bonds is 2. The molecule has 3 heterocycles. The van der Waals surface area contributed by atoms with E-state index >= 15 is 0 Å². The summed E-state index contributed by atoms with van der Waals surface area (Å²) in [5.74, 6) is 0.610. The molecule has 0 radical (unpaired) electrons. The molecule has 0 aliphatic carbocycles. The summed E-state index contributed by atoms with van der Waals surface area (Å²) >= 11 is 0. The van der Waals surface area contributed by atoms with Crippen LogP contribution in [0.3, 0.4) is 0 Å². The fourth-order valence-electron chi connectivity index (χ4n) is 4.17. The van der Waals surface area contributed by atoms with Gasteiger partial charge in [-0.15, -0.1) is 0 Å². The van der Waals surface area contributed by atoms with Gasteiger partial charge in [0, 0.05) is 18.8 Å². The van der Waals surface area contributed by atoms with Crippen molar-refractivity contribution in [1.82, 2.24) is 20.0 Å². The summed E-state index contributed by atoms with van der Waals surface area (Å²) in [5.41, 5.74) is 3.41. The first-order valence-electron chi connectivity index (χ1n) is 9.50. The van der Waals surface area contributed by atoms with E-state index in [1.54, 1.807) is 0 Å². The Morgan fingerprint density at radius 2 is 1.88 bits per heavy atom. The largest absolute Gasteiger partial charge is 0.444 e. The number of piperidine rings is 1. The number of nitrogens with zero attached hydrogens (tertiary/aromatic N) is 3. The van der Waals surface area contributed by atoms with E-state index in [-0.39, 0.29) is 12.1 Å². The van der Waals surface area contributed by atoms with Gasteiger partial charge < -0.3 is 15.0 Å². The van der Waals surface area contributed by atoms with Gasteiger partial charge in [-0.1, -0.05) is 0 Å². The van der Waals surface area contributed by atoms with Crippen LogP contribution < -0.4 is 5.32 Å². The summed E-state index contributed by atoms with van der Waals surface area (Å²) < 4.78 is 7.67. The first-order chi connectivity index (χ1) is 11.8. The van der Waals surface area contributed by atoms with E-state index in [4.69, 9.17) is 9.84 Å². The van der Waals surface area contributed by atoms with Crippen LogP contribution >= 0.6 is 0 Å². The third-order valence-electron chi connectivity index (χ3n) is 5.29. The Labute approximate surface area is 150 Å². The molecule has 1 amide bonds. The molecule has 2 aliphatic rings. The lowest BCUT2D eigenvalue weighted by atomic mass is 9.89. The standard InChI is InChI=1S/C19H32N4O2/c1-13-17(15-6-9-20-10-7-15)14(2)23(21-13)16-8-11-22(12-16)18(24)25-19(3,4)5/h15-16,20H,6-12H2,1-5H3. The van der Waals surface area contributed by atoms with Crippen LogP contribution in [0.4, 0.5) is 4.79 Å². The Morgan fingerprint density at radius 3 is 2.52 bits per heavy atom. The zero-order valence-electron chi connectivity index (χ0n) is 16.3. The topological polar surface area (TPSA) is 59.4 Å². The summed E-state index contributed by atoms with van der Waals surface area (Å²) in [5, 5.41) is 8.29. The van der Waals surface area contributed by atoms with E-state index in [0.29, 0.717) is 12.5 Å². The molecule has 1 aromatic heterocycles. The second-order valence-corrected chi connectivity index (χ2v) is 8.42. The van der Waals surface area contributed by atoms with E-state index in [9.17, 15) is 4.79 Å². The Balaban J connectivity index is 1.72. The molecule has 6 heteroatoms. The molecule has 6 nitrogen and oxygen atoms in total. The highest BCUT2D eigenvalue weighted by Crippen LogP contribution is 2.33. The van der Waals surface area contributed by atoms with Crippen molar-refractivity contribution in [3.8, 4) is 0 Å². The van der Waals surface area contributed by atoms with Gasteiger partial charge in [0.15, 0.2) is 0 Å². The minimum atomic E-state index is -0.449. The van der Waals surface area contributed by atoms with Gasteiger partial charge in [-0.05, 0) is 78.5 Å². The van der Waals surface area contributed by atoms with Crippen LogP contribution in [0.25, 0.3) is 0 Å². The van der Waals surface area contributed by atoms with Crippen LogP contribution in [0, 0.1) is 13.8 Å². The normalized spacial score (nSPS) is 22.4. The minimum absolute atomic E-state index is 0.213. The maximum absolute atomic E-state index is 12.3. The fourth-order valence-corrected chi connectivity index (χ4v) is 4.17. The molecule has 1 aromatic rings. The molecular formula is C19H32N4O2. The molecule has 3 rings (SSSR count). The van der Waals surface area contributed by atoms with Crippen LogP contribution in [0.1, 0.15) is 68.9 Å². The highest BCUT2D eigenvalue weighted by Gasteiger charge is 2.33. The fraction of sp³-hybridized carbons (Fsp3) is 0.789. The Bertz CT molecular complexity index is 626. The average Bonchev–Trinajstić information content (AvgIpc) is 3.11. The van der Waals surface area contributed by atoms with Gasteiger partial charge in [0.1, 0.15) is 5.60 Å². The van der Waals surface area contributed by atoms with Crippen LogP contribution in [-0.4, -0.2) is 52.6 Å². The average molecular weight is 348 g/mol. The molecular weight excluding hydrogens is 316 g/mol. The summed E-state index contributed by atoms with van der Waals surface area (Å²) in [6, 6.07) is 0.252. The number of amides is 1. The number of likely N-dealkylation sites (tertiary alicyclic amines) is 1. The van der Waals surface area contributed by atoms with Crippen LogP contribution in [0.2, 0.25) is 0 Å². The minimum Gasteiger partial charge on any atom is -0.444 e. The van der Waals surface area contributed by atoms with Gasteiger partial charge in [-0.25, -0.2) is 4.79 Å².